The fourth-order valence-electron chi connectivity index (χ4n) is 10.4. The van der Waals surface area contributed by atoms with Gasteiger partial charge in [-0.05, 0) is 90.5 Å². The summed E-state index contributed by atoms with van der Waals surface area (Å²) in [7, 11) is 0. The van der Waals surface area contributed by atoms with Crippen molar-refractivity contribution in [2.24, 2.45) is 0 Å². The maximum absolute atomic E-state index is 2.63. The lowest BCUT2D eigenvalue weighted by Gasteiger charge is -2.33. The molecular formula is C54H36N4. The van der Waals surface area contributed by atoms with Crippen LogP contribution in [-0.2, 0) is 0 Å². The Balaban J connectivity index is 1.06. The van der Waals surface area contributed by atoms with E-state index in [9.17, 15) is 0 Å². The SMILES string of the molecule is C1=CC2c3ccccc3N(c3ccc4c(c3)c3ccccc3n4-c3ccccc3)C2c2c1c1ccccc1n2-c1ccc2c(c1)c1ccccc1n2-c1ccccc1. The molecule has 272 valence electrons. The maximum Gasteiger partial charge on any atom is 0.0856 e. The molecule has 0 saturated carbocycles. The number of hydrogen-bond acceptors (Lipinski definition) is 1. The smallest absolute Gasteiger partial charge is 0.0856 e. The van der Waals surface area contributed by atoms with Gasteiger partial charge in [0.25, 0.3) is 0 Å². The summed E-state index contributed by atoms with van der Waals surface area (Å²) in [6.07, 6.45) is 4.85. The van der Waals surface area contributed by atoms with Gasteiger partial charge in [0, 0.05) is 66.8 Å². The first kappa shape index (κ1) is 31.6. The molecule has 58 heavy (non-hydrogen) atoms. The van der Waals surface area contributed by atoms with Gasteiger partial charge in [0.2, 0.25) is 0 Å². The van der Waals surface area contributed by atoms with E-state index in [2.05, 4.69) is 225 Å². The Labute approximate surface area is 335 Å². The first-order valence-corrected chi connectivity index (χ1v) is 20.2. The number of hydrogen-bond donors (Lipinski definition) is 0. The average Bonchev–Trinajstić information content (AvgIpc) is 4.01. The molecule has 11 aromatic rings. The highest BCUT2D eigenvalue weighted by Gasteiger charge is 2.44. The fourth-order valence-corrected chi connectivity index (χ4v) is 10.4. The van der Waals surface area contributed by atoms with Gasteiger partial charge in [-0.2, -0.15) is 0 Å². The number of benzene rings is 8. The fraction of sp³-hybridized carbons (Fsp3) is 0.0370. The second-order valence-electron chi connectivity index (χ2n) is 15.7. The van der Waals surface area contributed by atoms with Crippen LogP contribution >= 0.6 is 0 Å². The minimum absolute atomic E-state index is 0.0334. The van der Waals surface area contributed by atoms with Crippen molar-refractivity contribution in [2.45, 2.75) is 12.0 Å². The lowest BCUT2D eigenvalue weighted by atomic mass is 9.86. The van der Waals surface area contributed by atoms with E-state index in [1.807, 2.05) is 0 Å². The van der Waals surface area contributed by atoms with Crippen LogP contribution in [0.5, 0.6) is 0 Å². The molecule has 0 fully saturated rings. The Morgan fingerprint density at radius 1 is 0.345 bits per heavy atom. The molecule has 4 nitrogen and oxygen atoms in total. The van der Waals surface area contributed by atoms with Crippen molar-refractivity contribution in [3.05, 3.63) is 217 Å². The van der Waals surface area contributed by atoms with Crippen LogP contribution in [0.2, 0.25) is 0 Å². The monoisotopic (exact) mass is 740 g/mol. The summed E-state index contributed by atoms with van der Waals surface area (Å²) in [5.74, 6) is 0.178. The Morgan fingerprint density at radius 3 is 1.47 bits per heavy atom. The molecule has 1 aliphatic heterocycles. The van der Waals surface area contributed by atoms with Crippen LogP contribution in [0.1, 0.15) is 28.8 Å². The number of fused-ring (bicyclic) bond motifs is 13. The summed E-state index contributed by atoms with van der Waals surface area (Å²) in [4.78, 5) is 2.63. The largest absolute Gasteiger partial charge is 0.331 e. The third-order valence-electron chi connectivity index (χ3n) is 12.8. The predicted octanol–water partition coefficient (Wildman–Crippen LogP) is 13.8. The van der Waals surface area contributed by atoms with Gasteiger partial charge in [-0.25, -0.2) is 0 Å². The maximum atomic E-state index is 2.63. The highest BCUT2D eigenvalue weighted by molar-refractivity contribution is 6.11. The second-order valence-corrected chi connectivity index (χ2v) is 15.7. The number of para-hydroxylation sites is 6. The summed E-state index contributed by atoms with van der Waals surface area (Å²) in [6, 6.07) is 71.3. The summed E-state index contributed by atoms with van der Waals surface area (Å²) >= 11 is 0. The average molecular weight is 741 g/mol. The molecule has 0 saturated heterocycles. The van der Waals surface area contributed by atoms with E-state index in [1.54, 1.807) is 0 Å². The molecule has 0 spiro atoms. The molecule has 0 N–H and O–H groups in total. The van der Waals surface area contributed by atoms with E-state index in [1.165, 1.54) is 99.8 Å². The number of aromatic nitrogens is 3. The standard InChI is InChI=1S/C54H36N4/c1-3-15-35(16-4-1)55-47-23-11-9-21-41(47)45-33-37(27-31-51(45)55)57-49-25-13-7-19-39(49)43-29-30-44-40-20-8-14-26-50(40)58(54(44)53(43)57)38-28-32-52-46(34-38)42-22-10-12-24-48(42)56(52)36-17-5-2-6-18-36/h1-34,43,53H. The van der Waals surface area contributed by atoms with E-state index in [-0.39, 0.29) is 12.0 Å². The van der Waals surface area contributed by atoms with E-state index in [4.69, 9.17) is 0 Å². The van der Waals surface area contributed by atoms with Gasteiger partial charge in [-0.1, -0.05) is 121 Å². The number of anilines is 2. The van der Waals surface area contributed by atoms with Crippen LogP contribution in [0, 0.1) is 0 Å². The Bertz CT molecular complexity index is 3470. The van der Waals surface area contributed by atoms with Gasteiger partial charge in [0.15, 0.2) is 0 Å². The van der Waals surface area contributed by atoms with Crippen LogP contribution in [-0.4, -0.2) is 13.7 Å². The molecule has 1 aliphatic carbocycles. The Hall–Kier alpha value is -7.56. The van der Waals surface area contributed by atoms with Crippen molar-refractivity contribution in [2.75, 3.05) is 4.90 Å². The van der Waals surface area contributed by atoms with Gasteiger partial charge >= 0.3 is 0 Å². The van der Waals surface area contributed by atoms with Crippen molar-refractivity contribution in [1.82, 2.24) is 13.7 Å². The van der Waals surface area contributed by atoms with Gasteiger partial charge in [0.1, 0.15) is 0 Å². The third kappa shape index (κ3) is 4.29. The van der Waals surface area contributed by atoms with E-state index in [0.717, 1.165) is 0 Å². The van der Waals surface area contributed by atoms with Crippen molar-refractivity contribution >= 4 is 72.0 Å². The number of rotatable bonds is 4. The van der Waals surface area contributed by atoms with Crippen LogP contribution in [0.25, 0.3) is 77.7 Å². The van der Waals surface area contributed by atoms with Crippen molar-refractivity contribution in [3.8, 4) is 17.1 Å². The molecular weight excluding hydrogens is 705 g/mol. The summed E-state index contributed by atoms with van der Waals surface area (Å²) in [5.41, 5.74) is 16.0. The lowest BCUT2D eigenvalue weighted by molar-refractivity contribution is 0.636. The molecule has 3 aromatic heterocycles. The normalized spacial score (nSPS) is 15.8. The minimum Gasteiger partial charge on any atom is -0.331 e. The molecule has 2 unspecified atom stereocenters. The quantitative estimate of drug-likeness (QED) is 0.176. The van der Waals surface area contributed by atoms with Crippen LogP contribution in [0.3, 0.4) is 0 Å². The Morgan fingerprint density at radius 2 is 0.828 bits per heavy atom. The van der Waals surface area contributed by atoms with Crippen LogP contribution in [0.4, 0.5) is 11.4 Å². The number of nitrogens with zero attached hydrogens (tertiary/aromatic N) is 4. The Kier molecular flexibility index (Phi) is 6.53. The lowest BCUT2D eigenvalue weighted by Crippen LogP contribution is -2.26. The molecule has 2 aliphatic rings. The second kappa shape index (κ2) is 12.0. The summed E-state index contributed by atoms with van der Waals surface area (Å²) in [5, 5.41) is 6.29. The molecule has 0 radical (unpaired) electrons. The first-order valence-electron chi connectivity index (χ1n) is 20.2. The zero-order valence-electron chi connectivity index (χ0n) is 31.6. The zero-order chi connectivity index (χ0) is 37.9. The summed E-state index contributed by atoms with van der Waals surface area (Å²) < 4.78 is 7.37. The van der Waals surface area contributed by atoms with Crippen molar-refractivity contribution < 1.29 is 0 Å². The molecule has 13 rings (SSSR count). The first-order chi connectivity index (χ1) is 28.8. The molecule has 4 heterocycles. The van der Waals surface area contributed by atoms with Crippen molar-refractivity contribution in [3.63, 3.8) is 0 Å². The molecule has 0 bridgehead atoms. The van der Waals surface area contributed by atoms with Crippen LogP contribution < -0.4 is 4.90 Å². The highest BCUT2D eigenvalue weighted by Crippen LogP contribution is 2.58. The minimum atomic E-state index is 0.0334. The van der Waals surface area contributed by atoms with E-state index < -0.39 is 0 Å². The zero-order valence-corrected chi connectivity index (χ0v) is 31.6. The van der Waals surface area contributed by atoms with E-state index in [0.29, 0.717) is 0 Å². The molecule has 4 heteroatoms. The highest BCUT2D eigenvalue weighted by atomic mass is 15.2. The van der Waals surface area contributed by atoms with Crippen LogP contribution in [0.15, 0.2) is 200 Å². The molecule has 2 atom stereocenters. The topological polar surface area (TPSA) is 18.0 Å². The third-order valence-corrected chi connectivity index (χ3v) is 12.8. The van der Waals surface area contributed by atoms with Gasteiger partial charge < -0.3 is 18.6 Å². The van der Waals surface area contributed by atoms with Crippen molar-refractivity contribution in [1.29, 1.82) is 0 Å². The predicted molar refractivity (Wildman–Crippen MR) is 241 cm³/mol. The summed E-state index contributed by atoms with van der Waals surface area (Å²) in [6.45, 7) is 0. The van der Waals surface area contributed by atoms with E-state index >= 15 is 0 Å². The molecule has 0 amide bonds. The van der Waals surface area contributed by atoms with Gasteiger partial charge in [0.05, 0.1) is 39.3 Å². The van der Waals surface area contributed by atoms with Gasteiger partial charge in [-0.15, -0.1) is 0 Å². The van der Waals surface area contributed by atoms with Gasteiger partial charge in [-0.3, -0.25) is 0 Å². The molecule has 8 aromatic carbocycles.